The summed E-state index contributed by atoms with van der Waals surface area (Å²) < 4.78 is 7.37. The van der Waals surface area contributed by atoms with Gasteiger partial charge in [0.25, 0.3) is 11.5 Å². The molecule has 204 valence electrons. The van der Waals surface area contributed by atoms with E-state index in [4.69, 9.17) is 17.0 Å². The first-order chi connectivity index (χ1) is 18.8. The van der Waals surface area contributed by atoms with E-state index in [1.807, 2.05) is 42.2 Å². The molecule has 2 aromatic rings. The van der Waals surface area contributed by atoms with E-state index >= 15 is 0 Å². The topological polar surface area (TPSA) is 95.6 Å². The first kappa shape index (κ1) is 28.6. The molecule has 0 bridgehead atoms. The quantitative estimate of drug-likeness (QED) is 0.260. The summed E-state index contributed by atoms with van der Waals surface area (Å²) in [6.07, 6.45) is 3.89. The summed E-state index contributed by atoms with van der Waals surface area (Å²) in [5, 5.41) is 9.89. The van der Waals surface area contributed by atoms with Crippen LogP contribution in [0.2, 0.25) is 0 Å². The van der Waals surface area contributed by atoms with Gasteiger partial charge in [0, 0.05) is 25.2 Å². The molecule has 39 heavy (non-hydrogen) atoms. The highest BCUT2D eigenvalue weighted by Crippen LogP contribution is 2.37. The zero-order chi connectivity index (χ0) is 28.1. The molecule has 2 aliphatic heterocycles. The number of hydrogen-bond acceptors (Lipinski definition) is 8. The van der Waals surface area contributed by atoms with E-state index in [1.165, 1.54) is 11.8 Å². The van der Waals surface area contributed by atoms with Gasteiger partial charge in [0.1, 0.15) is 21.8 Å². The molecule has 4 rings (SSSR count). The Morgan fingerprint density at radius 2 is 2.00 bits per heavy atom. The Hall–Kier alpha value is -3.42. The average Bonchev–Trinajstić information content (AvgIpc) is 3.20. The number of ether oxygens (including phenoxy) is 1. The molecule has 0 saturated carbocycles. The van der Waals surface area contributed by atoms with Crippen molar-refractivity contribution in [3.63, 3.8) is 0 Å². The van der Waals surface area contributed by atoms with E-state index in [1.54, 1.807) is 29.4 Å². The number of carbonyl (C=O) groups is 2. The molecule has 2 saturated heterocycles. The third-order valence-electron chi connectivity index (χ3n) is 6.97. The van der Waals surface area contributed by atoms with Crippen LogP contribution < -0.4 is 10.5 Å². The third kappa shape index (κ3) is 5.94. The van der Waals surface area contributed by atoms with Crippen molar-refractivity contribution in [3.05, 3.63) is 67.8 Å². The predicted octanol–water partition coefficient (Wildman–Crippen LogP) is 4.62. The van der Waals surface area contributed by atoms with E-state index in [-0.39, 0.29) is 28.9 Å². The number of nitriles is 1. The molecule has 1 aromatic heterocycles. The van der Waals surface area contributed by atoms with Crippen LogP contribution in [0.25, 0.3) is 6.08 Å². The smallest absolute Gasteiger partial charge is 0.310 e. The largest absolute Gasteiger partial charge is 0.466 e. The number of carbonyl (C=O) groups excluding carboxylic acids is 2. The standard InChI is InChI=1S/C29H32N4O4S2/c1-4-13-32-25(31-14-9-12-21(18-31)28(36)37-5-2)22(19(3)23(16-30)26(32)34)15-24-27(35)33(29(38)39-24)17-20-10-7-6-8-11-20/h6-8,10-11,15,21H,4-5,9,12-14,17-18H2,1-3H3/b24-15+. The van der Waals surface area contributed by atoms with E-state index in [0.717, 1.165) is 12.0 Å². The SMILES string of the molecule is CCCn1c(N2CCCC(C(=O)OCC)C2)c(/C=C2/SC(=S)N(Cc3ccccc3)C2=O)c(C)c(C#N)c1=O. The Kier molecular flexibility index (Phi) is 9.25. The van der Waals surface area contributed by atoms with Gasteiger partial charge < -0.3 is 9.64 Å². The first-order valence-corrected chi connectivity index (χ1v) is 14.4. The minimum atomic E-state index is -0.362. The number of aromatic nitrogens is 1. The van der Waals surface area contributed by atoms with E-state index in [2.05, 4.69) is 6.07 Å². The fraction of sp³-hybridized carbons (Fsp3) is 0.414. The molecule has 0 aliphatic carbocycles. The van der Waals surface area contributed by atoms with Gasteiger partial charge in [-0.1, -0.05) is 61.2 Å². The summed E-state index contributed by atoms with van der Waals surface area (Å²) in [6, 6.07) is 11.7. The predicted molar refractivity (Wildman–Crippen MR) is 157 cm³/mol. The fourth-order valence-corrected chi connectivity index (χ4v) is 6.31. The normalized spacial score (nSPS) is 18.5. The Bertz CT molecular complexity index is 1410. The molecular weight excluding hydrogens is 532 g/mol. The number of thioether (sulfide) groups is 1. The molecule has 1 unspecified atom stereocenters. The van der Waals surface area contributed by atoms with Crippen LogP contribution in [-0.2, 0) is 27.4 Å². The number of nitrogens with zero attached hydrogens (tertiary/aromatic N) is 4. The van der Waals surface area contributed by atoms with E-state index in [9.17, 15) is 19.6 Å². The van der Waals surface area contributed by atoms with Crippen LogP contribution in [0.15, 0.2) is 40.0 Å². The molecule has 8 nitrogen and oxygen atoms in total. The first-order valence-electron chi connectivity index (χ1n) is 13.2. The van der Waals surface area contributed by atoms with Gasteiger partial charge in [-0.3, -0.25) is 23.9 Å². The van der Waals surface area contributed by atoms with Crippen LogP contribution in [0.3, 0.4) is 0 Å². The number of piperidine rings is 1. The second kappa shape index (κ2) is 12.6. The van der Waals surface area contributed by atoms with Gasteiger partial charge in [0.05, 0.1) is 24.0 Å². The maximum absolute atomic E-state index is 13.5. The summed E-state index contributed by atoms with van der Waals surface area (Å²) in [6.45, 7) is 7.59. The molecule has 2 aliphatic rings. The number of rotatable bonds is 8. The Morgan fingerprint density at radius 1 is 1.26 bits per heavy atom. The Labute approximate surface area is 238 Å². The van der Waals surface area contributed by atoms with Crippen LogP contribution in [0.1, 0.15) is 55.4 Å². The lowest BCUT2D eigenvalue weighted by Gasteiger charge is -2.36. The van der Waals surface area contributed by atoms with Gasteiger partial charge in [0.2, 0.25) is 0 Å². The summed E-state index contributed by atoms with van der Waals surface area (Å²) in [5.74, 6) is -0.160. The molecule has 1 amide bonds. The fourth-order valence-electron chi connectivity index (χ4n) is 5.07. The van der Waals surface area contributed by atoms with Crippen molar-refractivity contribution in [1.82, 2.24) is 9.47 Å². The molecule has 2 fully saturated rings. The van der Waals surface area contributed by atoms with Crippen molar-refractivity contribution in [2.75, 3.05) is 24.6 Å². The Balaban J connectivity index is 1.81. The minimum Gasteiger partial charge on any atom is -0.466 e. The number of anilines is 1. The van der Waals surface area contributed by atoms with Gasteiger partial charge >= 0.3 is 5.97 Å². The molecule has 0 spiro atoms. The molecule has 1 aromatic carbocycles. The van der Waals surface area contributed by atoms with Gasteiger partial charge in [-0.15, -0.1) is 0 Å². The lowest BCUT2D eigenvalue weighted by atomic mass is 9.96. The summed E-state index contributed by atoms with van der Waals surface area (Å²) in [5.41, 5.74) is 1.80. The molecule has 0 radical (unpaired) electrons. The Morgan fingerprint density at radius 3 is 2.67 bits per heavy atom. The van der Waals surface area contributed by atoms with Crippen molar-refractivity contribution in [1.29, 1.82) is 5.26 Å². The number of thiocarbonyl (C=S) groups is 1. The van der Waals surface area contributed by atoms with Crippen molar-refractivity contribution >= 4 is 52.1 Å². The summed E-state index contributed by atoms with van der Waals surface area (Å²) in [4.78, 5) is 43.6. The number of esters is 1. The number of benzene rings is 1. The maximum Gasteiger partial charge on any atom is 0.310 e. The molecule has 3 heterocycles. The number of pyridine rings is 1. The van der Waals surface area contributed by atoms with Crippen LogP contribution in [0.5, 0.6) is 0 Å². The lowest BCUT2D eigenvalue weighted by molar-refractivity contribution is -0.148. The van der Waals surface area contributed by atoms with Crippen molar-refractivity contribution in [3.8, 4) is 6.07 Å². The van der Waals surface area contributed by atoms with Gasteiger partial charge in [-0.25, -0.2) is 0 Å². The van der Waals surface area contributed by atoms with E-state index in [0.29, 0.717) is 71.8 Å². The van der Waals surface area contributed by atoms with Crippen LogP contribution in [0.4, 0.5) is 5.82 Å². The molecule has 10 heteroatoms. The summed E-state index contributed by atoms with van der Waals surface area (Å²) >= 11 is 6.78. The van der Waals surface area contributed by atoms with Crippen LogP contribution in [0, 0.1) is 24.2 Å². The highest BCUT2D eigenvalue weighted by atomic mass is 32.2. The average molecular weight is 565 g/mol. The monoisotopic (exact) mass is 564 g/mol. The van der Waals surface area contributed by atoms with Crippen molar-refractivity contribution in [2.24, 2.45) is 5.92 Å². The van der Waals surface area contributed by atoms with Crippen molar-refractivity contribution in [2.45, 2.75) is 53.1 Å². The van der Waals surface area contributed by atoms with Crippen molar-refractivity contribution < 1.29 is 14.3 Å². The number of amides is 1. The second-order valence-corrected chi connectivity index (χ2v) is 11.3. The van der Waals surface area contributed by atoms with Gasteiger partial charge in [-0.2, -0.15) is 5.26 Å². The minimum absolute atomic E-state index is 0.0529. The molecule has 0 N–H and O–H groups in total. The molecule has 1 atom stereocenters. The van der Waals surface area contributed by atoms with Gasteiger partial charge in [0.15, 0.2) is 0 Å². The van der Waals surface area contributed by atoms with E-state index < -0.39 is 0 Å². The zero-order valence-corrected chi connectivity index (χ0v) is 24.1. The third-order valence-corrected chi connectivity index (χ3v) is 8.34. The van der Waals surface area contributed by atoms with Crippen LogP contribution in [-0.4, -0.2) is 45.4 Å². The van der Waals surface area contributed by atoms with Gasteiger partial charge in [-0.05, 0) is 50.3 Å². The lowest BCUT2D eigenvalue weighted by Crippen LogP contribution is -2.43. The van der Waals surface area contributed by atoms with Crippen LogP contribution >= 0.6 is 24.0 Å². The second-order valence-electron chi connectivity index (χ2n) is 9.60. The maximum atomic E-state index is 13.5. The number of hydrogen-bond donors (Lipinski definition) is 0. The highest BCUT2D eigenvalue weighted by Gasteiger charge is 2.35. The molecular formula is C29H32N4O4S2. The summed E-state index contributed by atoms with van der Waals surface area (Å²) in [7, 11) is 0. The highest BCUT2D eigenvalue weighted by molar-refractivity contribution is 8.26. The zero-order valence-electron chi connectivity index (χ0n) is 22.4.